The standard InChI is InChI=1S/C13H14O2/c14-13-9-3-1-4-11(13)10(7-6-9)12-5-2-8-15-12/h2,5-11H,1,3-4H2/t9-,10+,11+/m1/s1. The number of carbonyl (C=O) groups is 1. The average molecular weight is 202 g/mol. The number of fused-ring (bicyclic) bond motifs is 2. The maximum Gasteiger partial charge on any atom is 0.143 e. The van der Waals surface area contributed by atoms with E-state index in [1.807, 2.05) is 12.1 Å². The number of Topliss-reactive ketones (excluding diaryl/α,β-unsaturated/α-hetero) is 1. The van der Waals surface area contributed by atoms with Crippen LogP contribution in [0.1, 0.15) is 30.9 Å². The quantitative estimate of drug-likeness (QED) is 0.655. The van der Waals surface area contributed by atoms with Crippen LogP contribution >= 0.6 is 0 Å². The number of hydrogen-bond acceptors (Lipinski definition) is 2. The predicted molar refractivity (Wildman–Crippen MR) is 56.4 cm³/mol. The van der Waals surface area contributed by atoms with Crippen LogP contribution < -0.4 is 0 Å². The molecule has 15 heavy (non-hydrogen) atoms. The molecule has 0 amide bonds. The Hall–Kier alpha value is -1.31. The normalized spacial score (nSPS) is 34.4. The van der Waals surface area contributed by atoms with Gasteiger partial charge in [0.15, 0.2) is 0 Å². The van der Waals surface area contributed by atoms with Crippen LogP contribution in [0.15, 0.2) is 35.0 Å². The van der Waals surface area contributed by atoms with Crippen LogP contribution in [0.25, 0.3) is 0 Å². The molecular formula is C13H14O2. The van der Waals surface area contributed by atoms with Gasteiger partial charge in [0.2, 0.25) is 0 Å². The first-order chi connectivity index (χ1) is 7.36. The van der Waals surface area contributed by atoms with Gasteiger partial charge in [-0.15, -0.1) is 0 Å². The van der Waals surface area contributed by atoms with Crippen LogP contribution in [0.5, 0.6) is 0 Å². The van der Waals surface area contributed by atoms with Gasteiger partial charge in [0.25, 0.3) is 0 Å². The zero-order chi connectivity index (χ0) is 10.3. The second kappa shape index (κ2) is 3.37. The first kappa shape index (κ1) is 8.96. The molecule has 0 unspecified atom stereocenters. The predicted octanol–water partition coefficient (Wildman–Crippen LogP) is 2.92. The smallest absolute Gasteiger partial charge is 0.143 e. The van der Waals surface area contributed by atoms with Gasteiger partial charge in [-0.1, -0.05) is 18.6 Å². The van der Waals surface area contributed by atoms with E-state index in [1.165, 1.54) is 6.42 Å². The monoisotopic (exact) mass is 202 g/mol. The summed E-state index contributed by atoms with van der Waals surface area (Å²) in [6.45, 7) is 0. The molecule has 2 nitrogen and oxygen atoms in total. The van der Waals surface area contributed by atoms with E-state index >= 15 is 0 Å². The van der Waals surface area contributed by atoms with Crippen LogP contribution in [0.2, 0.25) is 0 Å². The van der Waals surface area contributed by atoms with E-state index in [0.717, 1.165) is 18.6 Å². The van der Waals surface area contributed by atoms with Crippen LogP contribution in [-0.4, -0.2) is 5.78 Å². The van der Waals surface area contributed by atoms with Crippen molar-refractivity contribution in [3.63, 3.8) is 0 Å². The van der Waals surface area contributed by atoms with E-state index in [0.29, 0.717) is 5.78 Å². The molecule has 0 aromatic carbocycles. The van der Waals surface area contributed by atoms with Gasteiger partial charge in [0.05, 0.1) is 6.26 Å². The highest BCUT2D eigenvalue weighted by atomic mass is 16.3. The van der Waals surface area contributed by atoms with Crippen molar-refractivity contribution in [1.82, 2.24) is 0 Å². The van der Waals surface area contributed by atoms with Crippen molar-refractivity contribution >= 4 is 5.78 Å². The van der Waals surface area contributed by atoms with Gasteiger partial charge >= 0.3 is 0 Å². The third kappa shape index (κ3) is 1.36. The second-order valence-electron chi connectivity index (χ2n) is 4.47. The van der Waals surface area contributed by atoms with Gasteiger partial charge in [-0.25, -0.2) is 0 Å². The summed E-state index contributed by atoms with van der Waals surface area (Å²) in [7, 11) is 0. The largest absolute Gasteiger partial charge is 0.469 e. The number of hydrogen-bond donors (Lipinski definition) is 0. The minimum atomic E-state index is 0.167. The average Bonchev–Trinajstić information content (AvgIpc) is 2.70. The van der Waals surface area contributed by atoms with Crippen molar-refractivity contribution in [2.45, 2.75) is 25.2 Å². The molecule has 1 aromatic heterocycles. The molecule has 1 aromatic rings. The fourth-order valence-corrected chi connectivity index (χ4v) is 2.83. The fraction of sp³-hybridized carbons (Fsp3) is 0.462. The molecule has 1 fully saturated rings. The highest BCUT2D eigenvalue weighted by Gasteiger charge is 2.38. The van der Waals surface area contributed by atoms with Gasteiger partial charge in [0, 0.05) is 17.8 Å². The SMILES string of the molecule is O=C1[C@H]2CCC[C@@H]1C=C[C@@H]2c1ccco1. The van der Waals surface area contributed by atoms with E-state index in [-0.39, 0.29) is 17.8 Å². The maximum atomic E-state index is 12.0. The number of furan rings is 1. The van der Waals surface area contributed by atoms with Crippen LogP contribution in [0.3, 0.4) is 0 Å². The van der Waals surface area contributed by atoms with Gasteiger partial charge in [-0.05, 0) is 25.0 Å². The summed E-state index contributed by atoms with van der Waals surface area (Å²) in [5.41, 5.74) is 0. The lowest BCUT2D eigenvalue weighted by Crippen LogP contribution is -2.34. The molecule has 78 valence electrons. The molecular weight excluding hydrogens is 188 g/mol. The Morgan fingerprint density at radius 3 is 3.00 bits per heavy atom. The summed E-state index contributed by atoms with van der Waals surface area (Å²) in [5.74, 6) is 1.90. The third-order valence-corrected chi connectivity index (χ3v) is 3.62. The Labute approximate surface area is 89.0 Å². The molecule has 3 atom stereocenters. The van der Waals surface area contributed by atoms with Crippen molar-refractivity contribution < 1.29 is 9.21 Å². The topological polar surface area (TPSA) is 30.2 Å². The Bertz CT molecular complexity index is 389. The molecule has 0 saturated heterocycles. The lowest BCUT2D eigenvalue weighted by Gasteiger charge is -2.33. The summed E-state index contributed by atoms with van der Waals surface area (Å²) < 4.78 is 5.41. The Kier molecular flexibility index (Phi) is 2.01. The highest BCUT2D eigenvalue weighted by Crippen LogP contribution is 2.41. The zero-order valence-electron chi connectivity index (χ0n) is 8.56. The minimum Gasteiger partial charge on any atom is -0.469 e. The van der Waals surface area contributed by atoms with E-state index < -0.39 is 0 Å². The summed E-state index contributed by atoms with van der Waals surface area (Å²) in [6.07, 6.45) is 9.15. The minimum absolute atomic E-state index is 0.167. The molecule has 2 bridgehead atoms. The van der Waals surface area contributed by atoms with Gasteiger partial charge in [-0.2, -0.15) is 0 Å². The maximum absolute atomic E-state index is 12.0. The Morgan fingerprint density at radius 2 is 2.20 bits per heavy atom. The highest BCUT2D eigenvalue weighted by molar-refractivity contribution is 5.88. The molecule has 3 rings (SSSR count). The van der Waals surface area contributed by atoms with Crippen molar-refractivity contribution in [1.29, 1.82) is 0 Å². The number of rotatable bonds is 1. The van der Waals surface area contributed by atoms with Crippen LogP contribution in [0, 0.1) is 11.8 Å². The third-order valence-electron chi connectivity index (χ3n) is 3.62. The summed E-state index contributed by atoms with van der Waals surface area (Å²) in [5, 5.41) is 0. The molecule has 1 heterocycles. The van der Waals surface area contributed by atoms with Crippen molar-refractivity contribution in [3.8, 4) is 0 Å². The van der Waals surface area contributed by atoms with Crippen molar-refractivity contribution in [2.75, 3.05) is 0 Å². The molecule has 0 radical (unpaired) electrons. The number of allylic oxidation sites excluding steroid dienone is 2. The van der Waals surface area contributed by atoms with Gasteiger partial charge < -0.3 is 4.42 Å². The van der Waals surface area contributed by atoms with Crippen LogP contribution in [-0.2, 0) is 4.79 Å². The van der Waals surface area contributed by atoms with Gasteiger partial charge in [-0.3, -0.25) is 4.79 Å². The van der Waals surface area contributed by atoms with Crippen molar-refractivity contribution in [2.24, 2.45) is 11.8 Å². The fourth-order valence-electron chi connectivity index (χ4n) is 2.83. The number of ketones is 1. The van der Waals surface area contributed by atoms with Crippen molar-refractivity contribution in [3.05, 3.63) is 36.3 Å². The lowest BCUT2D eigenvalue weighted by molar-refractivity contribution is -0.128. The molecule has 2 aliphatic carbocycles. The van der Waals surface area contributed by atoms with Gasteiger partial charge in [0.1, 0.15) is 11.5 Å². The van der Waals surface area contributed by atoms with E-state index in [2.05, 4.69) is 12.2 Å². The van der Waals surface area contributed by atoms with E-state index in [9.17, 15) is 4.79 Å². The molecule has 0 N–H and O–H groups in total. The lowest BCUT2D eigenvalue weighted by atomic mass is 9.69. The molecule has 2 aliphatic rings. The first-order valence-corrected chi connectivity index (χ1v) is 5.62. The summed E-state index contributed by atoms with van der Waals surface area (Å²) in [4.78, 5) is 12.0. The van der Waals surface area contributed by atoms with Crippen LogP contribution in [0.4, 0.5) is 0 Å². The molecule has 1 saturated carbocycles. The van der Waals surface area contributed by atoms with E-state index in [1.54, 1.807) is 6.26 Å². The molecule has 0 spiro atoms. The summed E-state index contributed by atoms with van der Waals surface area (Å²) >= 11 is 0. The summed E-state index contributed by atoms with van der Waals surface area (Å²) in [6, 6.07) is 3.86. The molecule has 0 aliphatic heterocycles. The first-order valence-electron chi connectivity index (χ1n) is 5.62. The second-order valence-corrected chi connectivity index (χ2v) is 4.47. The Morgan fingerprint density at radius 1 is 1.27 bits per heavy atom. The Balaban J connectivity index is 1.97. The zero-order valence-corrected chi connectivity index (χ0v) is 8.56. The number of carbonyl (C=O) groups excluding carboxylic acids is 1. The van der Waals surface area contributed by atoms with E-state index in [4.69, 9.17) is 4.42 Å². The molecule has 2 heteroatoms.